The molecule has 0 aliphatic heterocycles. The van der Waals surface area contributed by atoms with Gasteiger partial charge in [-0.15, -0.1) is 0 Å². The predicted molar refractivity (Wildman–Crippen MR) is 73.1 cm³/mol. The van der Waals surface area contributed by atoms with E-state index in [4.69, 9.17) is 0 Å². The molecular weight excluding hydrogens is 242 g/mol. The number of aliphatic hydroxyl groups excluding tert-OH is 1. The maximum atomic E-state index is 12.1. The first kappa shape index (κ1) is 13.9. The fourth-order valence-electron chi connectivity index (χ4n) is 2.55. The number of hydrogen-bond donors (Lipinski definition) is 3. The van der Waals surface area contributed by atoms with Crippen LogP contribution in [-0.2, 0) is 0 Å². The van der Waals surface area contributed by atoms with Gasteiger partial charge in [-0.3, -0.25) is 4.79 Å². The third kappa shape index (κ3) is 3.47. The Bertz CT molecular complexity index is 451. The standard InChI is InChI=1S/C15H21NO3/c1-10-13(3-2-4-14(10)18)15(19)16-9-11-5-7-12(17)8-6-11/h2-4,11-12,17-18H,5-9H2,1H3,(H,16,19). The van der Waals surface area contributed by atoms with E-state index in [9.17, 15) is 15.0 Å². The van der Waals surface area contributed by atoms with Crippen LogP contribution in [0.1, 0.15) is 41.6 Å². The van der Waals surface area contributed by atoms with Crippen LogP contribution in [0.25, 0.3) is 0 Å². The monoisotopic (exact) mass is 263 g/mol. The Morgan fingerprint density at radius 2 is 2.00 bits per heavy atom. The molecule has 1 amide bonds. The van der Waals surface area contributed by atoms with Crippen LogP contribution in [0.5, 0.6) is 5.75 Å². The largest absolute Gasteiger partial charge is 0.508 e. The Morgan fingerprint density at radius 3 is 2.68 bits per heavy atom. The lowest BCUT2D eigenvalue weighted by atomic mass is 9.87. The lowest BCUT2D eigenvalue weighted by Crippen LogP contribution is -2.32. The minimum absolute atomic E-state index is 0.139. The molecule has 0 unspecified atom stereocenters. The Balaban J connectivity index is 1.89. The molecule has 0 radical (unpaired) electrons. The minimum Gasteiger partial charge on any atom is -0.508 e. The number of carbonyl (C=O) groups excluding carboxylic acids is 1. The highest BCUT2D eigenvalue weighted by atomic mass is 16.3. The second-order valence-corrected chi connectivity index (χ2v) is 5.33. The number of carbonyl (C=O) groups is 1. The number of hydrogen-bond acceptors (Lipinski definition) is 3. The average molecular weight is 263 g/mol. The molecule has 0 aromatic heterocycles. The molecule has 1 aliphatic carbocycles. The number of aromatic hydroxyl groups is 1. The smallest absolute Gasteiger partial charge is 0.251 e. The summed E-state index contributed by atoms with van der Waals surface area (Å²) in [6.45, 7) is 2.38. The number of phenols is 1. The zero-order valence-corrected chi connectivity index (χ0v) is 11.2. The van der Waals surface area contributed by atoms with Crippen LogP contribution in [0.4, 0.5) is 0 Å². The van der Waals surface area contributed by atoms with Gasteiger partial charge in [-0.1, -0.05) is 6.07 Å². The lowest BCUT2D eigenvalue weighted by Gasteiger charge is -2.25. The Hall–Kier alpha value is -1.55. The summed E-state index contributed by atoms with van der Waals surface area (Å²) in [5, 5.41) is 21.9. The van der Waals surface area contributed by atoms with Gasteiger partial charge in [0.25, 0.3) is 5.91 Å². The summed E-state index contributed by atoms with van der Waals surface area (Å²) in [5.41, 5.74) is 1.13. The first-order valence-corrected chi connectivity index (χ1v) is 6.82. The molecule has 1 saturated carbocycles. The molecule has 1 aliphatic rings. The van der Waals surface area contributed by atoms with Gasteiger partial charge >= 0.3 is 0 Å². The normalized spacial score (nSPS) is 23.1. The van der Waals surface area contributed by atoms with Gasteiger partial charge in [-0.25, -0.2) is 0 Å². The van der Waals surface area contributed by atoms with Crippen molar-refractivity contribution in [3.05, 3.63) is 29.3 Å². The predicted octanol–water partition coefficient (Wildman–Crippen LogP) is 1.98. The van der Waals surface area contributed by atoms with Gasteiger partial charge in [0, 0.05) is 17.7 Å². The zero-order valence-electron chi connectivity index (χ0n) is 11.2. The van der Waals surface area contributed by atoms with E-state index in [0.717, 1.165) is 25.7 Å². The molecule has 4 nitrogen and oxygen atoms in total. The van der Waals surface area contributed by atoms with Crippen molar-refractivity contribution in [2.75, 3.05) is 6.54 Å². The van der Waals surface area contributed by atoms with Crippen molar-refractivity contribution in [3.63, 3.8) is 0 Å². The SMILES string of the molecule is Cc1c(O)cccc1C(=O)NCC1CCC(O)CC1. The molecule has 0 atom stereocenters. The van der Waals surface area contributed by atoms with Gasteiger partial charge in [-0.05, 0) is 50.7 Å². The summed E-state index contributed by atoms with van der Waals surface area (Å²) in [6.07, 6.45) is 3.40. The van der Waals surface area contributed by atoms with Gasteiger partial charge in [0.2, 0.25) is 0 Å². The van der Waals surface area contributed by atoms with Crippen molar-refractivity contribution in [1.82, 2.24) is 5.32 Å². The highest BCUT2D eigenvalue weighted by molar-refractivity contribution is 5.96. The van der Waals surface area contributed by atoms with Crippen LogP contribution in [0.3, 0.4) is 0 Å². The summed E-state index contributed by atoms with van der Waals surface area (Å²) < 4.78 is 0. The van der Waals surface area contributed by atoms with Crippen molar-refractivity contribution in [3.8, 4) is 5.75 Å². The highest BCUT2D eigenvalue weighted by Crippen LogP contribution is 2.24. The van der Waals surface area contributed by atoms with Crippen molar-refractivity contribution < 1.29 is 15.0 Å². The van der Waals surface area contributed by atoms with Gasteiger partial charge in [0.05, 0.1) is 6.10 Å². The third-order valence-electron chi connectivity index (χ3n) is 3.92. The van der Waals surface area contributed by atoms with E-state index in [0.29, 0.717) is 23.6 Å². The number of aliphatic hydroxyl groups is 1. The summed E-state index contributed by atoms with van der Waals surface area (Å²) >= 11 is 0. The van der Waals surface area contributed by atoms with Crippen LogP contribution in [-0.4, -0.2) is 28.8 Å². The third-order valence-corrected chi connectivity index (χ3v) is 3.92. The average Bonchev–Trinajstić information content (AvgIpc) is 2.41. The maximum Gasteiger partial charge on any atom is 0.251 e. The van der Waals surface area contributed by atoms with E-state index in [1.165, 1.54) is 0 Å². The van der Waals surface area contributed by atoms with E-state index in [1.807, 2.05) is 0 Å². The summed E-state index contributed by atoms with van der Waals surface area (Å²) in [5.74, 6) is 0.456. The second-order valence-electron chi connectivity index (χ2n) is 5.33. The first-order valence-electron chi connectivity index (χ1n) is 6.82. The van der Waals surface area contributed by atoms with Crippen molar-refractivity contribution >= 4 is 5.91 Å². The van der Waals surface area contributed by atoms with Gasteiger partial charge in [-0.2, -0.15) is 0 Å². The molecule has 0 spiro atoms. The Morgan fingerprint density at radius 1 is 1.32 bits per heavy atom. The molecule has 4 heteroatoms. The topological polar surface area (TPSA) is 69.6 Å². The van der Waals surface area contributed by atoms with Crippen LogP contribution >= 0.6 is 0 Å². The molecule has 0 bridgehead atoms. The molecule has 1 aromatic rings. The molecule has 104 valence electrons. The number of phenolic OH excluding ortho intramolecular Hbond substituents is 1. The molecule has 19 heavy (non-hydrogen) atoms. The number of rotatable bonds is 3. The van der Waals surface area contributed by atoms with Crippen LogP contribution in [0.2, 0.25) is 0 Å². The fraction of sp³-hybridized carbons (Fsp3) is 0.533. The van der Waals surface area contributed by atoms with Crippen LogP contribution in [0, 0.1) is 12.8 Å². The quantitative estimate of drug-likeness (QED) is 0.781. The summed E-state index contributed by atoms with van der Waals surface area (Å²) in [4.78, 5) is 12.1. The van der Waals surface area contributed by atoms with Gasteiger partial charge in [0.1, 0.15) is 5.75 Å². The second kappa shape index (κ2) is 6.06. The number of amides is 1. The molecule has 3 N–H and O–H groups in total. The minimum atomic E-state index is -0.166. The lowest BCUT2D eigenvalue weighted by molar-refractivity contribution is 0.0909. The molecule has 1 fully saturated rings. The molecule has 0 saturated heterocycles. The van der Waals surface area contributed by atoms with E-state index >= 15 is 0 Å². The summed E-state index contributed by atoms with van der Waals surface area (Å²) in [7, 11) is 0. The highest BCUT2D eigenvalue weighted by Gasteiger charge is 2.20. The van der Waals surface area contributed by atoms with E-state index in [-0.39, 0.29) is 17.8 Å². The van der Waals surface area contributed by atoms with Crippen LogP contribution < -0.4 is 5.32 Å². The first-order chi connectivity index (χ1) is 9.08. The molecule has 0 heterocycles. The van der Waals surface area contributed by atoms with Crippen LogP contribution in [0.15, 0.2) is 18.2 Å². The maximum absolute atomic E-state index is 12.1. The van der Waals surface area contributed by atoms with Gasteiger partial charge in [0.15, 0.2) is 0 Å². The van der Waals surface area contributed by atoms with E-state index < -0.39 is 0 Å². The number of nitrogens with one attached hydrogen (secondary N) is 1. The zero-order chi connectivity index (χ0) is 13.8. The van der Waals surface area contributed by atoms with E-state index in [1.54, 1.807) is 25.1 Å². The van der Waals surface area contributed by atoms with Crippen molar-refractivity contribution in [2.24, 2.45) is 5.92 Å². The summed E-state index contributed by atoms with van der Waals surface area (Å²) in [6, 6.07) is 4.97. The van der Waals surface area contributed by atoms with Crippen molar-refractivity contribution in [2.45, 2.75) is 38.7 Å². The molecular formula is C15H21NO3. The van der Waals surface area contributed by atoms with Crippen molar-refractivity contribution in [1.29, 1.82) is 0 Å². The molecule has 2 rings (SSSR count). The Labute approximate surface area is 113 Å². The fourth-order valence-corrected chi connectivity index (χ4v) is 2.55. The molecule has 1 aromatic carbocycles. The number of benzene rings is 1. The van der Waals surface area contributed by atoms with E-state index in [2.05, 4.69) is 5.32 Å². The van der Waals surface area contributed by atoms with Gasteiger partial charge < -0.3 is 15.5 Å². The Kier molecular flexibility index (Phi) is 4.43.